The summed E-state index contributed by atoms with van der Waals surface area (Å²) < 4.78 is 5.39. The second-order valence-corrected chi connectivity index (χ2v) is 5.13. The Labute approximate surface area is 119 Å². The van der Waals surface area contributed by atoms with Gasteiger partial charge < -0.3 is 15.2 Å². The highest BCUT2D eigenvalue weighted by Crippen LogP contribution is 2.21. The molecule has 0 radical (unpaired) electrons. The molecule has 1 unspecified atom stereocenters. The Morgan fingerprint density at radius 3 is 2.70 bits per heavy atom. The van der Waals surface area contributed by atoms with Crippen LogP contribution in [-0.4, -0.2) is 34.2 Å². The number of ether oxygens (including phenoxy) is 1. The van der Waals surface area contributed by atoms with Crippen molar-refractivity contribution in [1.82, 2.24) is 9.97 Å². The summed E-state index contributed by atoms with van der Waals surface area (Å²) in [6.07, 6.45) is 2.04. The normalized spacial score (nSPS) is 12.2. The lowest BCUT2D eigenvalue weighted by Crippen LogP contribution is -2.25. The Hall–Kier alpha value is -1.85. The van der Waals surface area contributed by atoms with Crippen LogP contribution in [0.2, 0.25) is 0 Å². The van der Waals surface area contributed by atoms with Gasteiger partial charge in [-0.05, 0) is 26.2 Å². The van der Waals surface area contributed by atoms with Gasteiger partial charge >= 0.3 is 5.97 Å². The van der Waals surface area contributed by atoms with Gasteiger partial charge in [-0.1, -0.05) is 13.8 Å². The Morgan fingerprint density at radius 2 is 2.15 bits per heavy atom. The monoisotopic (exact) mass is 281 g/mol. The lowest BCUT2D eigenvalue weighted by molar-refractivity contribution is -0.141. The van der Waals surface area contributed by atoms with Gasteiger partial charge in [-0.3, -0.25) is 4.79 Å². The number of carboxylic acid groups (broad SMARTS) is 1. The number of nitrogens with zero attached hydrogens (tertiary/aromatic N) is 2. The molecule has 0 saturated carbocycles. The molecule has 6 heteroatoms. The topological polar surface area (TPSA) is 84.3 Å². The maximum Gasteiger partial charge on any atom is 0.308 e. The third-order valence-corrected chi connectivity index (χ3v) is 2.94. The molecule has 0 aromatic carbocycles. The summed E-state index contributed by atoms with van der Waals surface area (Å²) in [7, 11) is 0. The van der Waals surface area contributed by atoms with E-state index in [1.807, 2.05) is 27.7 Å². The summed E-state index contributed by atoms with van der Waals surface area (Å²) in [6.45, 7) is 8.64. The number of anilines is 1. The molecule has 1 aromatic rings. The fourth-order valence-corrected chi connectivity index (χ4v) is 1.95. The third kappa shape index (κ3) is 4.68. The standard InChI is InChI=1S/C14H23N3O3/c1-5-20-13-10(4)12(16-8-17-13)15-7-11(14(18)19)6-9(2)3/h8-9,11H,5-7H2,1-4H3,(H,18,19)(H,15,16,17). The molecule has 112 valence electrons. The summed E-state index contributed by atoms with van der Waals surface area (Å²) in [5, 5.41) is 12.3. The largest absolute Gasteiger partial charge is 0.481 e. The number of hydrogen-bond acceptors (Lipinski definition) is 5. The second kappa shape index (κ2) is 7.67. The van der Waals surface area contributed by atoms with Crippen molar-refractivity contribution >= 4 is 11.8 Å². The number of carbonyl (C=O) groups is 1. The molecule has 0 aliphatic heterocycles. The highest BCUT2D eigenvalue weighted by Gasteiger charge is 2.19. The molecule has 1 heterocycles. The summed E-state index contributed by atoms with van der Waals surface area (Å²) in [4.78, 5) is 19.4. The minimum atomic E-state index is -0.789. The van der Waals surface area contributed by atoms with E-state index in [4.69, 9.17) is 4.74 Å². The van der Waals surface area contributed by atoms with Gasteiger partial charge in [-0.25, -0.2) is 9.97 Å². The lowest BCUT2D eigenvalue weighted by Gasteiger charge is -2.17. The van der Waals surface area contributed by atoms with E-state index in [0.717, 1.165) is 5.56 Å². The van der Waals surface area contributed by atoms with E-state index in [0.29, 0.717) is 37.2 Å². The Kier molecular flexibility index (Phi) is 6.21. The summed E-state index contributed by atoms with van der Waals surface area (Å²) in [5.41, 5.74) is 0.794. The van der Waals surface area contributed by atoms with Crippen LogP contribution in [0.5, 0.6) is 5.88 Å². The summed E-state index contributed by atoms with van der Waals surface area (Å²) in [5.74, 6) is 0.269. The van der Waals surface area contributed by atoms with Crippen molar-refractivity contribution in [3.63, 3.8) is 0 Å². The predicted molar refractivity (Wildman–Crippen MR) is 77.0 cm³/mol. The van der Waals surface area contributed by atoms with Crippen LogP contribution in [-0.2, 0) is 4.79 Å². The van der Waals surface area contributed by atoms with Gasteiger partial charge in [-0.15, -0.1) is 0 Å². The van der Waals surface area contributed by atoms with Crippen LogP contribution in [0.3, 0.4) is 0 Å². The number of nitrogens with one attached hydrogen (secondary N) is 1. The first-order valence-corrected chi connectivity index (χ1v) is 6.86. The highest BCUT2D eigenvalue weighted by atomic mass is 16.5. The molecule has 0 aliphatic rings. The van der Waals surface area contributed by atoms with E-state index < -0.39 is 11.9 Å². The first kappa shape index (κ1) is 16.2. The van der Waals surface area contributed by atoms with Crippen molar-refractivity contribution in [2.45, 2.75) is 34.1 Å². The van der Waals surface area contributed by atoms with Gasteiger partial charge in [0.15, 0.2) is 0 Å². The van der Waals surface area contributed by atoms with Gasteiger partial charge in [0.25, 0.3) is 0 Å². The minimum absolute atomic E-state index is 0.336. The molecular formula is C14H23N3O3. The maximum absolute atomic E-state index is 11.2. The number of hydrogen-bond donors (Lipinski definition) is 2. The average Bonchev–Trinajstić information content (AvgIpc) is 2.37. The van der Waals surface area contributed by atoms with Crippen LogP contribution in [0.25, 0.3) is 0 Å². The van der Waals surface area contributed by atoms with E-state index in [-0.39, 0.29) is 0 Å². The molecule has 0 spiro atoms. The van der Waals surface area contributed by atoms with Crippen LogP contribution in [0.1, 0.15) is 32.8 Å². The third-order valence-electron chi connectivity index (χ3n) is 2.94. The molecule has 6 nitrogen and oxygen atoms in total. The quantitative estimate of drug-likeness (QED) is 0.761. The molecule has 0 saturated heterocycles. The summed E-state index contributed by atoms with van der Waals surface area (Å²) >= 11 is 0. The van der Waals surface area contributed by atoms with Gasteiger partial charge in [0.1, 0.15) is 12.1 Å². The fraction of sp³-hybridized carbons (Fsp3) is 0.643. The average molecular weight is 281 g/mol. The van der Waals surface area contributed by atoms with Crippen LogP contribution in [0, 0.1) is 18.8 Å². The zero-order chi connectivity index (χ0) is 15.1. The van der Waals surface area contributed by atoms with Crippen LogP contribution in [0.4, 0.5) is 5.82 Å². The van der Waals surface area contributed by atoms with Crippen molar-refractivity contribution in [2.24, 2.45) is 11.8 Å². The molecule has 0 aliphatic carbocycles. The number of aromatic nitrogens is 2. The zero-order valence-corrected chi connectivity index (χ0v) is 12.5. The van der Waals surface area contributed by atoms with Crippen molar-refractivity contribution in [2.75, 3.05) is 18.5 Å². The predicted octanol–water partition coefficient (Wildman–Crippen LogP) is 2.34. The fourth-order valence-electron chi connectivity index (χ4n) is 1.95. The highest BCUT2D eigenvalue weighted by molar-refractivity contribution is 5.70. The molecule has 20 heavy (non-hydrogen) atoms. The van der Waals surface area contributed by atoms with Crippen molar-refractivity contribution in [3.8, 4) is 5.88 Å². The molecule has 0 amide bonds. The van der Waals surface area contributed by atoms with Crippen LogP contribution in [0.15, 0.2) is 6.33 Å². The van der Waals surface area contributed by atoms with E-state index in [1.54, 1.807) is 0 Å². The van der Waals surface area contributed by atoms with Crippen LogP contribution < -0.4 is 10.1 Å². The van der Waals surface area contributed by atoms with E-state index in [9.17, 15) is 9.90 Å². The SMILES string of the molecule is CCOc1ncnc(NCC(CC(C)C)C(=O)O)c1C. The van der Waals surface area contributed by atoms with Crippen molar-refractivity contribution < 1.29 is 14.6 Å². The smallest absolute Gasteiger partial charge is 0.308 e. The van der Waals surface area contributed by atoms with Crippen LogP contribution >= 0.6 is 0 Å². The Morgan fingerprint density at radius 1 is 1.45 bits per heavy atom. The van der Waals surface area contributed by atoms with E-state index in [1.165, 1.54) is 6.33 Å². The van der Waals surface area contributed by atoms with E-state index in [2.05, 4.69) is 15.3 Å². The molecule has 1 atom stereocenters. The van der Waals surface area contributed by atoms with Gasteiger partial charge in [0.05, 0.1) is 18.1 Å². The van der Waals surface area contributed by atoms with Crippen molar-refractivity contribution in [3.05, 3.63) is 11.9 Å². The molecule has 0 bridgehead atoms. The van der Waals surface area contributed by atoms with Gasteiger partial charge in [0, 0.05) is 6.54 Å². The van der Waals surface area contributed by atoms with Gasteiger partial charge in [-0.2, -0.15) is 0 Å². The molecule has 0 fully saturated rings. The second-order valence-electron chi connectivity index (χ2n) is 5.13. The molecule has 2 N–H and O–H groups in total. The lowest BCUT2D eigenvalue weighted by atomic mass is 9.97. The number of rotatable bonds is 8. The number of carboxylic acids is 1. The molecule has 1 aromatic heterocycles. The van der Waals surface area contributed by atoms with Gasteiger partial charge in [0.2, 0.25) is 5.88 Å². The molecular weight excluding hydrogens is 258 g/mol. The van der Waals surface area contributed by atoms with E-state index >= 15 is 0 Å². The Balaban J connectivity index is 2.72. The first-order chi connectivity index (χ1) is 9.45. The Bertz CT molecular complexity index is 449. The minimum Gasteiger partial charge on any atom is -0.481 e. The maximum atomic E-state index is 11.2. The number of aliphatic carboxylic acids is 1. The zero-order valence-electron chi connectivity index (χ0n) is 12.5. The first-order valence-electron chi connectivity index (χ1n) is 6.86. The van der Waals surface area contributed by atoms with Crippen molar-refractivity contribution in [1.29, 1.82) is 0 Å². The molecule has 1 rings (SSSR count). The summed E-state index contributed by atoms with van der Waals surface area (Å²) in [6, 6.07) is 0.